The highest BCUT2D eigenvalue weighted by Crippen LogP contribution is 2.24. The lowest BCUT2D eigenvalue weighted by molar-refractivity contribution is -0.133. The molecule has 6 nitrogen and oxygen atoms in total. The summed E-state index contributed by atoms with van der Waals surface area (Å²) in [6.07, 6.45) is 0.442. The molecule has 24 heavy (non-hydrogen) atoms. The Kier molecular flexibility index (Phi) is 4.66. The molecular formula is C18H24N4O2. The quantitative estimate of drug-likeness (QED) is 0.863. The van der Waals surface area contributed by atoms with Crippen molar-refractivity contribution in [1.82, 2.24) is 19.9 Å². The molecule has 2 aromatic rings. The van der Waals surface area contributed by atoms with Crippen LogP contribution in [0, 0.1) is 20.8 Å². The highest BCUT2D eigenvalue weighted by molar-refractivity contribution is 5.79. The second kappa shape index (κ2) is 6.73. The van der Waals surface area contributed by atoms with Gasteiger partial charge in [-0.05, 0) is 44.5 Å². The van der Waals surface area contributed by atoms with E-state index in [1.54, 1.807) is 6.92 Å². The highest BCUT2D eigenvalue weighted by Gasteiger charge is 2.32. The zero-order chi connectivity index (χ0) is 17.3. The summed E-state index contributed by atoms with van der Waals surface area (Å²) in [5.41, 5.74) is 3.47. The average Bonchev–Trinajstić information content (AvgIpc) is 2.97. The summed E-state index contributed by atoms with van der Waals surface area (Å²) in [7, 11) is 2.03. The smallest absolute Gasteiger partial charge is 0.245 e. The van der Waals surface area contributed by atoms with Crippen molar-refractivity contribution in [2.24, 2.45) is 0 Å². The van der Waals surface area contributed by atoms with E-state index in [0.29, 0.717) is 24.7 Å². The second-order valence-corrected chi connectivity index (χ2v) is 6.56. The van der Waals surface area contributed by atoms with Gasteiger partial charge in [0, 0.05) is 19.6 Å². The minimum absolute atomic E-state index is 0.0399. The van der Waals surface area contributed by atoms with Gasteiger partial charge in [0.15, 0.2) is 5.82 Å². The van der Waals surface area contributed by atoms with E-state index in [1.165, 1.54) is 11.1 Å². The number of aryl methyl sites for hydroxylation is 3. The zero-order valence-electron chi connectivity index (χ0n) is 14.7. The van der Waals surface area contributed by atoms with Crippen LogP contribution in [0.25, 0.3) is 0 Å². The molecule has 1 aromatic carbocycles. The normalized spacial score (nSPS) is 18.8. The first-order valence-electron chi connectivity index (χ1n) is 8.29. The number of rotatable bonds is 3. The van der Waals surface area contributed by atoms with Crippen molar-refractivity contribution in [3.8, 4) is 0 Å². The third-order valence-electron chi connectivity index (χ3n) is 4.80. The van der Waals surface area contributed by atoms with Crippen molar-refractivity contribution in [2.75, 3.05) is 26.7 Å². The third-order valence-corrected chi connectivity index (χ3v) is 4.80. The van der Waals surface area contributed by atoms with Crippen LogP contribution in [-0.2, 0) is 11.2 Å². The first-order valence-corrected chi connectivity index (χ1v) is 8.29. The largest absolute Gasteiger partial charge is 0.339 e. The van der Waals surface area contributed by atoms with E-state index < -0.39 is 0 Å². The summed E-state index contributed by atoms with van der Waals surface area (Å²) in [5.74, 6) is 1.36. The van der Waals surface area contributed by atoms with Gasteiger partial charge in [-0.3, -0.25) is 9.69 Å². The number of carbonyl (C=O) groups is 1. The third kappa shape index (κ3) is 3.33. The monoisotopic (exact) mass is 328 g/mol. The molecule has 1 aliphatic heterocycles. The summed E-state index contributed by atoms with van der Waals surface area (Å²) in [6, 6.07) is 6.11. The van der Waals surface area contributed by atoms with Gasteiger partial charge in [0.05, 0.1) is 6.42 Å². The van der Waals surface area contributed by atoms with E-state index >= 15 is 0 Å². The molecule has 1 fully saturated rings. The number of piperazine rings is 1. The van der Waals surface area contributed by atoms with Crippen LogP contribution < -0.4 is 0 Å². The number of likely N-dealkylation sites (N-methyl/N-ethyl adjacent to an activating group) is 1. The summed E-state index contributed by atoms with van der Waals surface area (Å²) < 4.78 is 5.32. The van der Waals surface area contributed by atoms with Gasteiger partial charge in [-0.2, -0.15) is 4.98 Å². The van der Waals surface area contributed by atoms with E-state index in [-0.39, 0.29) is 11.9 Å². The van der Waals surface area contributed by atoms with Crippen molar-refractivity contribution in [2.45, 2.75) is 33.2 Å². The maximum Gasteiger partial charge on any atom is 0.245 e. The van der Waals surface area contributed by atoms with Crippen molar-refractivity contribution >= 4 is 5.91 Å². The molecule has 6 heteroatoms. The van der Waals surface area contributed by atoms with E-state index in [9.17, 15) is 4.79 Å². The number of nitrogens with zero attached hydrogens (tertiary/aromatic N) is 4. The maximum absolute atomic E-state index is 12.8. The lowest BCUT2D eigenvalue weighted by Crippen LogP contribution is -2.49. The molecule has 0 radical (unpaired) electrons. The van der Waals surface area contributed by atoms with Crippen LogP contribution in [0.4, 0.5) is 0 Å². The molecule has 1 aromatic heterocycles. The Balaban J connectivity index is 1.73. The molecule has 1 saturated heterocycles. The molecular weight excluding hydrogens is 304 g/mol. The summed E-state index contributed by atoms with van der Waals surface area (Å²) in [6.45, 7) is 8.03. The molecule has 1 atom stereocenters. The van der Waals surface area contributed by atoms with Crippen molar-refractivity contribution in [1.29, 1.82) is 0 Å². The Labute approximate surface area is 142 Å². The van der Waals surface area contributed by atoms with Gasteiger partial charge in [-0.15, -0.1) is 0 Å². The fourth-order valence-electron chi connectivity index (χ4n) is 3.21. The molecule has 1 amide bonds. The van der Waals surface area contributed by atoms with Crippen molar-refractivity contribution < 1.29 is 9.32 Å². The van der Waals surface area contributed by atoms with E-state index in [4.69, 9.17) is 4.52 Å². The highest BCUT2D eigenvalue weighted by atomic mass is 16.5. The summed E-state index contributed by atoms with van der Waals surface area (Å²) in [5, 5.41) is 3.87. The number of carbonyl (C=O) groups excluding carboxylic acids is 1. The summed E-state index contributed by atoms with van der Waals surface area (Å²) >= 11 is 0. The van der Waals surface area contributed by atoms with Gasteiger partial charge in [-0.25, -0.2) is 0 Å². The van der Waals surface area contributed by atoms with Crippen LogP contribution >= 0.6 is 0 Å². The van der Waals surface area contributed by atoms with Gasteiger partial charge in [0.2, 0.25) is 11.8 Å². The molecule has 0 saturated carbocycles. The van der Waals surface area contributed by atoms with Crippen LogP contribution in [0.15, 0.2) is 22.7 Å². The molecule has 2 heterocycles. The molecule has 128 valence electrons. The predicted octanol–water partition coefficient (Wildman–Crippen LogP) is 2.05. The maximum atomic E-state index is 12.8. The first-order chi connectivity index (χ1) is 11.5. The van der Waals surface area contributed by atoms with E-state index in [2.05, 4.69) is 41.0 Å². The van der Waals surface area contributed by atoms with E-state index in [1.807, 2.05) is 18.0 Å². The number of amides is 1. The van der Waals surface area contributed by atoms with Gasteiger partial charge in [0.25, 0.3) is 0 Å². The Bertz CT molecular complexity index is 720. The average molecular weight is 328 g/mol. The zero-order valence-corrected chi connectivity index (χ0v) is 14.7. The second-order valence-electron chi connectivity index (χ2n) is 6.56. The number of hydrogen-bond acceptors (Lipinski definition) is 5. The van der Waals surface area contributed by atoms with Gasteiger partial charge in [0.1, 0.15) is 6.04 Å². The Morgan fingerprint density at radius 2 is 1.96 bits per heavy atom. The minimum Gasteiger partial charge on any atom is -0.339 e. The van der Waals surface area contributed by atoms with Crippen LogP contribution in [0.5, 0.6) is 0 Å². The van der Waals surface area contributed by atoms with Crippen LogP contribution in [0.1, 0.15) is 34.4 Å². The Morgan fingerprint density at radius 3 is 2.58 bits per heavy atom. The lowest BCUT2D eigenvalue weighted by atomic mass is 9.99. The molecule has 0 bridgehead atoms. The Morgan fingerprint density at radius 1 is 1.25 bits per heavy atom. The Hall–Kier alpha value is -2.21. The molecule has 3 rings (SSSR count). The molecule has 0 N–H and O–H groups in total. The van der Waals surface area contributed by atoms with Gasteiger partial charge >= 0.3 is 0 Å². The number of benzene rings is 1. The number of aromatic nitrogens is 2. The predicted molar refractivity (Wildman–Crippen MR) is 90.6 cm³/mol. The van der Waals surface area contributed by atoms with Gasteiger partial charge < -0.3 is 9.42 Å². The minimum atomic E-state index is -0.0399. The fourth-order valence-corrected chi connectivity index (χ4v) is 3.21. The van der Waals surface area contributed by atoms with Gasteiger partial charge in [-0.1, -0.05) is 23.4 Å². The topological polar surface area (TPSA) is 62.5 Å². The lowest BCUT2D eigenvalue weighted by Gasteiger charge is -2.37. The number of hydrogen-bond donors (Lipinski definition) is 0. The fraction of sp³-hybridized carbons (Fsp3) is 0.500. The molecule has 0 aliphatic carbocycles. The van der Waals surface area contributed by atoms with Crippen LogP contribution in [0.3, 0.4) is 0 Å². The molecule has 0 spiro atoms. The SMILES string of the molecule is Cc1noc(C2CN(C(=O)Cc3c(C)cccc3C)CCN2C)n1. The van der Waals surface area contributed by atoms with Crippen LogP contribution in [-0.4, -0.2) is 52.5 Å². The van der Waals surface area contributed by atoms with Crippen molar-refractivity contribution in [3.05, 3.63) is 46.6 Å². The van der Waals surface area contributed by atoms with Crippen molar-refractivity contribution in [3.63, 3.8) is 0 Å². The first kappa shape index (κ1) is 16.6. The van der Waals surface area contributed by atoms with Crippen LogP contribution in [0.2, 0.25) is 0 Å². The molecule has 1 unspecified atom stereocenters. The standard InChI is InChI=1S/C18H24N4O2/c1-12-6-5-7-13(2)15(12)10-17(23)22-9-8-21(4)16(11-22)18-19-14(3)20-24-18/h5-7,16H,8-11H2,1-4H3. The van der Waals surface area contributed by atoms with E-state index in [0.717, 1.165) is 18.7 Å². The summed E-state index contributed by atoms with van der Waals surface area (Å²) in [4.78, 5) is 21.2. The molecule has 1 aliphatic rings.